The van der Waals surface area contributed by atoms with Gasteiger partial charge in [-0.2, -0.15) is 4.98 Å². The lowest BCUT2D eigenvalue weighted by atomic mass is 9.85. The molecule has 1 saturated carbocycles. The van der Waals surface area contributed by atoms with E-state index in [-0.39, 0.29) is 0 Å². The summed E-state index contributed by atoms with van der Waals surface area (Å²) in [7, 11) is 1.64. The molecule has 94 valence electrons. The summed E-state index contributed by atoms with van der Waals surface area (Å²) in [5.74, 6) is 1.70. The fourth-order valence-corrected chi connectivity index (χ4v) is 2.67. The second kappa shape index (κ2) is 5.34. The molecule has 1 aromatic heterocycles. The number of rotatable bonds is 3. The van der Waals surface area contributed by atoms with E-state index in [1.165, 1.54) is 32.1 Å². The Morgan fingerprint density at radius 3 is 2.59 bits per heavy atom. The molecular formula is C13H21N3O. The van der Waals surface area contributed by atoms with Gasteiger partial charge in [0, 0.05) is 11.3 Å². The smallest absolute Gasteiger partial charge is 0.223 e. The number of ether oxygens (including phenoxy) is 1. The molecule has 4 nitrogen and oxygen atoms in total. The Morgan fingerprint density at radius 2 is 1.94 bits per heavy atom. The molecule has 4 heteroatoms. The average molecular weight is 235 g/mol. The van der Waals surface area contributed by atoms with Crippen molar-refractivity contribution in [3.8, 4) is 5.88 Å². The maximum absolute atomic E-state index is 5.63. The SMILES string of the molecule is COc1nc(N)nc(C)c1CC1CCCCC1. The van der Waals surface area contributed by atoms with Crippen LogP contribution in [0.2, 0.25) is 0 Å². The molecule has 0 aliphatic heterocycles. The summed E-state index contributed by atoms with van der Waals surface area (Å²) in [6, 6.07) is 0. The predicted molar refractivity (Wildman–Crippen MR) is 68.0 cm³/mol. The van der Waals surface area contributed by atoms with Crippen LogP contribution in [0.4, 0.5) is 5.95 Å². The Kier molecular flexibility index (Phi) is 3.82. The Balaban J connectivity index is 2.18. The highest BCUT2D eigenvalue weighted by atomic mass is 16.5. The number of nitrogen functional groups attached to an aromatic ring is 1. The van der Waals surface area contributed by atoms with Crippen molar-refractivity contribution in [2.75, 3.05) is 12.8 Å². The third kappa shape index (κ3) is 2.87. The van der Waals surface area contributed by atoms with Gasteiger partial charge in [-0.25, -0.2) is 4.98 Å². The largest absolute Gasteiger partial charge is 0.481 e. The van der Waals surface area contributed by atoms with E-state index in [9.17, 15) is 0 Å². The van der Waals surface area contributed by atoms with Crippen LogP contribution in [-0.4, -0.2) is 17.1 Å². The molecule has 1 fully saturated rings. The van der Waals surface area contributed by atoms with E-state index in [0.29, 0.717) is 11.8 Å². The van der Waals surface area contributed by atoms with E-state index >= 15 is 0 Å². The third-order valence-electron chi connectivity index (χ3n) is 3.60. The van der Waals surface area contributed by atoms with Gasteiger partial charge >= 0.3 is 0 Å². The highest BCUT2D eigenvalue weighted by Crippen LogP contribution is 2.30. The Bertz CT molecular complexity index is 386. The maximum Gasteiger partial charge on any atom is 0.223 e. The van der Waals surface area contributed by atoms with Crippen molar-refractivity contribution >= 4 is 5.95 Å². The molecule has 1 aromatic rings. The quantitative estimate of drug-likeness (QED) is 0.874. The van der Waals surface area contributed by atoms with E-state index in [2.05, 4.69) is 9.97 Å². The predicted octanol–water partition coefficient (Wildman–Crippen LogP) is 2.50. The van der Waals surface area contributed by atoms with Gasteiger partial charge < -0.3 is 10.5 Å². The molecule has 0 unspecified atom stereocenters. The molecule has 2 rings (SSSR count). The summed E-state index contributed by atoms with van der Waals surface area (Å²) in [5, 5.41) is 0. The van der Waals surface area contributed by atoms with E-state index in [0.717, 1.165) is 23.6 Å². The van der Waals surface area contributed by atoms with Crippen molar-refractivity contribution in [2.24, 2.45) is 5.92 Å². The molecule has 0 amide bonds. The molecule has 0 atom stereocenters. The van der Waals surface area contributed by atoms with Crippen LogP contribution in [0.5, 0.6) is 5.88 Å². The molecule has 17 heavy (non-hydrogen) atoms. The Morgan fingerprint density at radius 1 is 1.24 bits per heavy atom. The standard InChI is InChI=1S/C13H21N3O/c1-9-11(8-10-6-4-3-5-7-10)12(17-2)16-13(14)15-9/h10H,3-8H2,1-2H3,(H2,14,15,16). The van der Waals surface area contributed by atoms with Crippen molar-refractivity contribution in [3.63, 3.8) is 0 Å². The minimum atomic E-state index is 0.298. The first-order chi connectivity index (χ1) is 8.20. The maximum atomic E-state index is 5.63. The summed E-state index contributed by atoms with van der Waals surface area (Å²) < 4.78 is 5.32. The van der Waals surface area contributed by atoms with Gasteiger partial charge in [-0.15, -0.1) is 0 Å². The topological polar surface area (TPSA) is 61.0 Å². The first-order valence-corrected chi connectivity index (χ1v) is 6.37. The zero-order valence-electron chi connectivity index (χ0n) is 10.7. The summed E-state index contributed by atoms with van der Waals surface area (Å²) in [4.78, 5) is 8.40. The van der Waals surface area contributed by atoms with Crippen LogP contribution in [-0.2, 0) is 6.42 Å². The summed E-state index contributed by atoms with van der Waals surface area (Å²) in [6.07, 6.45) is 7.73. The van der Waals surface area contributed by atoms with Crippen molar-refractivity contribution in [1.29, 1.82) is 0 Å². The van der Waals surface area contributed by atoms with Crippen molar-refractivity contribution in [2.45, 2.75) is 45.4 Å². The number of hydrogen-bond acceptors (Lipinski definition) is 4. The molecule has 0 radical (unpaired) electrons. The second-order valence-electron chi connectivity index (χ2n) is 4.86. The van der Waals surface area contributed by atoms with E-state index < -0.39 is 0 Å². The van der Waals surface area contributed by atoms with Crippen LogP contribution in [0, 0.1) is 12.8 Å². The lowest BCUT2D eigenvalue weighted by Crippen LogP contribution is -2.13. The van der Waals surface area contributed by atoms with Crippen LogP contribution >= 0.6 is 0 Å². The van der Waals surface area contributed by atoms with Crippen LogP contribution in [0.15, 0.2) is 0 Å². The third-order valence-corrected chi connectivity index (χ3v) is 3.60. The first kappa shape index (κ1) is 12.1. The van der Waals surface area contributed by atoms with E-state index in [1.54, 1.807) is 7.11 Å². The molecule has 0 bridgehead atoms. The molecule has 1 aliphatic rings. The van der Waals surface area contributed by atoms with Gasteiger partial charge in [-0.05, 0) is 19.3 Å². The molecule has 1 aliphatic carbocycles. The van der Waals surface area contributed by atoms with Gasteiger partial charge in [0.1, 0.15) is 0 Å². The number of nitrogens with zero attached hydrogens (tertiary/aromatic N) is 2. The van der Waals surface area contributed by atoms with Gasteiger partial charge in [0.25, 0.3) is 0 Å². The minimum absolute atomic E-state index is 0.298. The average Bonchev–Trinajstić information content (AvgIpc) is 2.33. The van der Waals surface area contributed by atoms with Gasteiger partial charge in [0.15, 0.2) is 0 Å². The molecule has 0 spiro atoms. The highest BCUT2D eigenvalue weighted by Gasteiger charge is 2.19. The van der Waals surface area contributed by atoms with Crippen molar-refractivity contribution < 1.29 is 4.74 Å². The number of aryl methyl sites for hydroxylation is 1. The number of aromatic nitrogens is 2. The summed E-state index contributed by atoms with van der Waals surface area (Å²) in [6.45, 7) is 1.98. The highest BCUT2D eigenvalue weighted by molar-refractivity contribution is 5.35. The monoisotopic (exact) mass is 235 g/mol. The molecule has 1 heterocycles. The lowest BCUT2D eigenvalue weighted by Gasteiger charge is -2.22. The minimum Gasteiger partial charge on any atom is -0.481 e. The van der Waals surface area contributed by atoms with E-state index in [1.807, 2.05) is 6.92 Å². The number of anilines is 1. The molecule has 2 N–H and O–H groups in total. The van der Waals surface area contributed by atoms with Gasteiger partial charge in [-0.3, -0.25) is 0 Å². The summed E-state index contributed by atoms with van der Waals surface area (Å²) >= 11 is 0. The molecule has 0 aromatic carbocycles. The van der Waals surface area contributed by atoms with Crippen molar-refractivity contribution in [3.05, 3.63) is 11.3 Å². The molecule has 0 saturated heterocycles. The van der Waals surface area contributed by atoms with Crippen LogP contribution < -0.4 is 10.5 Å². The fraction of sp³-hybridized carbons (Fsp3) is 0.692. The zero-order chi connectivity index (χ0) is 12.3. The number of nitrogens with two attached hydrogens (primary N) is 1. The van der Waals surface area contributed by atoms with Crippen LogP contribution in [0.1, 0.15) is 43.4 Å². The van der Waals surface area contributed by atoms with Gasteiger partial charge in [0.2, 0.25) is 11.8 Å². The van der Waals surface area contributed by atoms with Crippen LogP contribution in [0.25, 0.3) is 0 Å². The van der Waals surface area contributed by atoms with Crippen LogP contribution in [0.3, 0.4) is 0 Å². The zero-order valence-corrected chi connectivity index (χ0v) is 10.7. The number of hydrogen-bond donors (Lipinski definition) is 1. The Labute approximate surface area is 103 Å². The van der Waals surface area contributed by atoms with E-state index in [4.69, 9.17) is 10.5 Å². The lowest BCUT2D eigenvalue weighted by molar-refractivity contribution is 0.343. The Hall–Kier alpha value is -1.32. The molecular weight excluding hydrogens is 214 g/mol. The normalized spacial score (nSPS) is 17.1. The van der Waals surface area contributed by atoms with Crippen molar-refractivity contribution in [1.82, 2.24) is 9.97 Å². The second-order valence-corrected chi connectivity index (χ2v) is 4.86. The number of methoxy groups -OCH3 is 1. The first-order valence-electron chi connectivity index (χ1n) is 6.37. The van der Waals surface area contributed by atoms with Gasteiger partial charge in [-0.1, -0.05) is 32.1 Å². The van der Waals surface area contributed by atoms with Gasteiger partial charge in [0.05, 0.1) is 7.11 Å². The summed E-state index contributed by atoms with van der Waals surface area (Å²) in [5.41, 5.74) is 7.73. The fourth-order valence-electron chi connectivity index (χ4n) is 2.67.